The largest absolute Gasteiger partial charge is 0.336 e. The first-order valence-corrected chi connectivity index (χ1v) is 5.23. The Morgan fingerprint density at radius 3 is 3.06 bits per heavy atom. The van der Waals surface area contributed by atoms with Crippen molar-refractivity contribution in [1.29, 1.82) is 0 Å². The second-order valence-electron chi connectivity index (χ2n) is 3.86. The Hall–Kier alpha value is -2.04. The molecular formula is C11H12N4O. The second-order valence-corrected chi connectivity index (χ2v) is 3.86. The zero-order chi connectivity index (χ0) is 11.1. The van der Waals surface area contributed by atoms with E-state index in [1.807, 2.05) is 29.9 Å². The summed E-state index contributed by atoms with van der Waals surface area (Å²) in [5.41, 5.74) is 1.97. The van der Waals surface area contributed by atoms with E-state index in [1.54, 1.807) is 11.1 Å². The molecule has 3 rings (SSSR count). The van der Waals surface area contributed by atoms with Crippen molar-refractivity contribution >= 4 is 22.6 Å². The van der Waals surface area contributed by atoms with E-state index in [0.717, 1.165) is 16.6 Å². The van der Waals surface area contributed by atoms with Crippen molar-refractivity contribution in [2.75, 3.05) is 18.0 Å². The summed E-state index contributed by atoms with van der Waals surface area (Å²) in [5.74, 6) is 0. The summed E-state index contributed by atoms with van der Waals surface area (Å²) >= 11 is 0. The first-order chi connectivity index (χ1) is 7.77. The van der Waals surface area contributed by atoms with E-state index in [-0.39, 0.29) is 6.03 Å². The summed E-state index contributed by atoms with van der Waals surface area (Å²) in [4.78, 5) is 13.4. The summed E-state index contributed by atoms with van der Waals surface area (Å²) in [7, 11) is 1.90. The van der Waals surface area contributed by atoms with Crippen LogP contribution >= 0.6 is 0 Å². The maximum absolute atomic E-state index is 11.6. The maximum atomic E-state index is 11.6. The lowest BCUT2D eigenvalue weighted by atomic mass is 10.2. The first kappa shape index (κ1) is 9.21. The predicted molar refractivity (Wildman–Crippen MR) is 61.5 cm³/mol. The van der Waals surface area contributed by atoms with Gasteiger partial charge in [0.25, 0.3) is 0 Å². The Bertz CT molecular complexity index is 560. The molecule has 0 bridgehead atoms. The normalized spacial score (nSPS) is 15.8. The number of amides is 2. The molecule has 5 nitrogen and oxygen atoms in total. The molecule has 0 atom stereocenters. The third kappa shape index (κ3) is 1.18. The molecule has 0 radical (unpaired) electrons. The number of aryl methyl sites for hydroxylation is 1. The minimum absolute atomic E-state index is 0.0312. The molecule has 0 unspecified atom stereocenters. The van der Waals surface area contributed by atoms with Gasteiger partial charge in [0, 0.05) is 25.5 Å². The lowest BCUT2D eigenvalue weighted by molar-refractivity contribution is 0.252. The van der Waals surface area contributed by atoms with Gasteiger partial charge in [0.1, 0.15) is 0 Å². The molecule has 1 fully saturated rings. The smallest absolute Gasteiger partial charge is 0.322 e. The quantitative estimate of drug-likeness (QED) is 0.776. The number of carbonyl (C=O) groups is 1. The number of carbonyl (C=O) groups excluding carboxylic acids is 1. The van der Waals surface area contributed by atoms with Crippen LogP contribution in [0.2, 0.25) is 0 Å². The van der Waals surface area contributed by atoms with Gasteiger partial charge in [0.15, 0.2) is 0 Å². The monoisotopic (exact) mass is 216 g/mol. The minimum Gasteiger partial charge on any atom is -0.336 e. The Morgan fingerprint density at radius 1 is 1.44 bits per heavy atom. The van der Waals surface area contributed by atoms with E-state index in [2.05, 4.69) is 10.4 Å². The number of nitrogens with one attached hydrogen (secondary N) is 1. The molecule has 1 aromatic carbocycles. The van der Waals surface area contributed by atoms with Crippen molar-refractivity contribution < 1.29 is 4.79 Å². The highest BCUT2D eigenvalue weighted by molar-refractivity contribution is 6.03. The highest BCUT2D eigenvalue weighted by atomic mass is 16.2. The summed E-state index contributed by atoms with van der Waals surface area (Å²) < 4.78 is 1.81. The molecule has 1 saturated heterocycles. The Kier molecular flexibility index (Phi) is 1.86. The average Bonchev–Trinajstić information content (AvgIpc) is 2.86. The molecule has 5 heteroatoms. The van der Waals surface area contributed by atoms with Gasteiger partial charge in [-0.1, -0.05) is 6.07 Å². The Balaban J connectivity index is 2.19. The minimum atomic E-state index is -0.0312. The topological polar surface area (TPSA) is 50.2 Å². The third-order valence-corrected chi connectivity index (χ3v) is 2.92. The molecule has 1 N–H and O–H groups in total. The van der Waals surface area contributed by atoms with E-state index in [4.69, 9.17) is 0 Å². The van der Waals surface area contributed by atoms with E-state index < -0.39 is 0 Å². The van der Waals surface area contributed by atoms with Crippen LogP contribution < -0.4 is 10.2 Å². The van der Waals surface area contributed by atoms with Gasteiger partial charge in [0.05, 0.1) is 17.4 Å². The van der Waals surface area contributed by atoms with Crippen LogP contribution in [0.25, 0.3) is 10.9 Å². The van der Waals surface area contributed by atoms with Crippen molar-refractivity contribution in [2.45, 2.75) is 0 Å². The third-order valence-electron chi connectivity index (χ3n) is 2.92. The summed E-state index contributed by atoms with van der Waals surface area (Å²) in [6.45, 7) is 1.42. The van der Waals surface area contributed by atoms with Gasteiger partial charge in [0.2, 0.25) is 0 Å². The van der Waals surface area contributed by atoms with Gasteiger partial charge in [-0.2, -0.15) is 5.10 Å². The molecule has 2 heterocycles. The Labute approximate surface area is 92.6 Å². The van der Waals surface area contributed by atoms with E-state index in [1.165, 1.54) is 0 Å². The fourth-order valence-corrected chi connectivity index (χ4v) is 2.10. The molecule has 16 heavy (non-hydrogen) atoms. The van der Waals surface area contributed by atoms with Crippen LogP contribution in [0.1, 0.15) is 0 Å². The van der Waals surface area contributed by atoms with Crippen molar-refractivity contribution in [3.05, 3.63) is 24.4 Å². The molecule has 1 aliphatic heterocycles. The lowest BCUT2D eigenvalue weighted by Crippen LogP contribution is -2.27. The van der Waals surface area contributed by atoms with Crippen LogP contribution in [-0.2, 0) is 7.05 Å². The van der Waals surface area contributed by atoms with Gasteiger partial charge < -0.3 is 5.32 Å². The number of hydrogen-bond acceptors (Lipinski definition) is 2. The molecular weight excluding hydrogens is 204 g/mol. The average molecular weight is 216 g/mol. The molecule has 0 aliphatic carbocycles. The first-order valence-electron chi connectivity index (χ1n) is 5.23. The van der Waals surface area contributed by atoms with Crippen LogP contribution in [0, 0.1) is 0 Å². The number of fused-ring (bicyclic) bond motifs is 1. The van der Waals surface area contributed by atoms with Gasteiger partial charge in [-0.05, 0) is 12.1 Å². The fraction of sp³-hybridized carbons (Fsp3) is 0.273. The zero-order valence-electron chi connectivity index (χ0n) is 8.97. The van der Waals surface area contributed by atoms with E-state index in [9.17, 15) is 4.79 Å². The SMILES string of the molecule is Cn1ncc2c(N3CCNC3=O)cccc21. The lowest BCUT2D eigenvalue weighted by Gasteiger charge is -2.14. The molecule has 2 aromatic rings. The number of nitrogens with zero attached hydrogens (tertiary/aromatic N) is 3. The number of aromatic nitrogens is 2. The van der Waals surface area contributed by atoms with Crippen LogP contribution in [0.15, 0.2) is 24.4 Å². The number of hydrogen-bond donors (Lipinski definition) is 1. The molecule has 0 saturated carbocycles. The standard InChI is InChI=1S/C11H12N4O/c1-14-9-3-2-4-10(8(9)7-13-14)15-6-5-12-11(15)16/h2-4,7H,5-6H2,1H3,(H,12,16). The molecule has 82 valence electrons. The van der Waals surface area contributed by atoms with Crippen molar-refractivity contribution in [3.8, 4) is 0 Å². The van der Waals surface area contributed by atoms with E-state index in [0.29, 0.717) is 13.1 Å². The molecule has 1 aromatic heterocycles. The summed E-state index contributed by atoms with van der Waals surface area (Å²) in [6.07, 6.45) is 1.80. The highest BCUT2D eigenvalue weighted by Gasteiger charge is 2.23. The van der Waals surface area contributed by atoms with Gasteiger partial charge in [-0.15, -0.1) is 0 Å². The van der Waals surface area contributed by atoms with Crippen LogP contribution in [-0.4, -0.2) is 28.9 Å². The number of anilines is 1. The summed E-state index contributed by atoms with van der Waals surface area (Å²) in [6, 6.07) is 5.87. The summed E-state index contributed by atoms with van der Waals surface area (Å²) in [5, 5.41) is 8.03. The molecule has 0 spiro atoms. The molecule has 1 aliphatic rings. The van der Waals surface area contributed by atoms with Gasteiger partial charge in [-0.25, -0.2) is 4.79 Å². The highest BCUT2D eigenvalue weighted by Crippen LogP contribution is 2.27. The second kappa shape index (κ2) is 3.23. The Morgan fingerprint density at radius 2 is 2.31 bits per heavy atom. The van der Waals surface area contributed by atoms with Crippen molar-refractivity contribution in [1.82, 2.24) is 15.1 Å². The van der Waals surface area contributed by atoms with Crippen molar-refractivity contribution in [3.63, 3.8) is 0 Å². The predicted octanol–water partition coefficient (Wildman–Crippen LogP) is 1.10. The maximum Gasteiger partial charge on any atom is 0.322 e. The zero-order valence-corrected chi connectivity index (χ0v) is 8.97. The van der Waals surface area contributed by atoms with Crippen LogP contribution in [0.3, 0.4) is 0 Å². The number of benzene rings is 1. The molecule has 2 amide bonds. The van der Waals surface area contributed by atoms with E-state index >= 15 is 0 Å². The number of rotatable bonds is 1. The van der Waals surface area contributed by atoms with Gasteiger partial charge >= 0.3 is 6.03 Å². The van der Waals surface area contributed by atoms with Crippen LogP contribution in [0.5, 0.6) is 0 Å². The van der Waals surface area contributed by atoms with Crippen molar-refractivity contribution in [2.24, 2.45) is 7.05 Å². The fourth-order valence-electron chi connectivity index (χ4n) is 2.10. The number of urea groups is 1. The van der Waals surface area contributed by atoms with Gasteiger partial charge in [-0.3, -0.25) is 9.58 Å². The van der Waals surface area contributed by atoms with Crippen LogP contribution in [0.4, 0.5) is 10.5 Å².